The van der Waals surface area contributed by atoms with E-state index in [1.807, 2.05) is 36.2 Å². The van der Waals surface area contributed by atoms with Crippen LogP contribution in [-0.2, 0) is 20.6 Å². The van der Waals surface area contributed by atoms with Gasteiger partial charge < -0.3 is 55.5 Å². The predicted octanol–water partition coefficient (Wildman–Crippen LogP) is 7.97. The average Bonchev–Trinajstić information content (AvgIpc) is 3.31. The molecule has 0 spiro atoms. The van der Waals surface area contributed by atoms with Crippen LogP contribution in [0, 0.1) is 11.8 Å². The third-order valence-electron chi connectivity index (χ3n) is 12.1. The number of aromatic hydroxyl groups is 2. The highest BCUT2D eigenvalue weighted by molar-refractivity contribution is 6.30. The molecular weight excluding hydrogens is 856 g/mol. The third-order valence-corrected chi connectivity index (χ3v) is 12.3. The zero-order valence-corrected chi connectivity index (χ0v) is 37.3. The highest BCUT2D eigenvalue weighted by atomic mass is 35.5. The van der Waals surface area contributed by atoms with Crippen molar-refractivity contribution in [2.45, 2.75) is 50.7 Å². The van der Waals surface area contributed by atoms with Crippen molar-refractivity contribution in [1.29, 1.82) is 0 Å². The molecule has 5 aromatic rings. The van der Waals surface area contributed by atoms with E-state index in [1.54, 1.807) is 48.5 Å². The molecule has 2 saturated heterocycles. The molecule has 15 nitrogen and oxygen atoms in total. The second-order valence-corrected chi connectivity index (χ2v) is 16.8. The molecule has 7 N–H and O–H groups in total. The Kier molecular flexibility index (Phi) is 17.2. The van der Waals surface area contributed by atoms with Crippen LogP contribution in [0.25, 0.3) is 21.5 Å². The van der Waals surface area contributed by atoms with Gasteiger partial charge in [0.1, 0.15) is 22.6 Å². The summed E-state index contributed by atoms with van der Waals surface area (Å²) in [4.78, 5) is 49.5. The summed E-state index contributed by atoms with van der Waals surface area (Å²) < 4.78 is 16.5. The van der Waals surface area contributed by atoms with Crippen molar-refractivity contribution < 1.29 is 53.8 Å². The van der Waals surface area contributed by atoms with Crippen molar-refractivity contribution in [3.63, 3.8) is 0 Å². The Morgan fingerprint density at radius 2 is 1.49 bits per heavy atom. The number of hydrogen-bond donors (Lipinski definition) is 7. The zero-order valence-electron chi connectivity index (χ0n) is 36.6. The third kappa shape index (κ3) is 12.6. The molecule has 3 amide bonds. The number of aromatic carboxylic acids is 2. The number of nitrogens with one attached hydrogen (secondary N) is 3. The second kappa shape index (κ2) is 23.2. The Bertz CT molecular complexity index is 2360. The summed E-state index contributed by atoms with van der Waals surface area (Å²) in [6.45, 7) is 4.21. The summed E-state index contributed by atoms with van der Waals surface area (Å²) in [7, 11) is 3.27. The number of carbonyl (C=O) groups excluding carboxylic acids is 2. The number of rotatable bonds is 15. The number of ether oxygens (including phenoxy) is 3. The van der Waals surface area contributed by atoms with Gasteiger partial charge in [0.2, 0.25) is 0 Å². The first-order chi connectivity index (χ1) is 31.4. The number of likely N-dealkylation sites (N-methyl/N-ethyl adjacent to an activating group) is 1. The molecule has 2 heterocycles. The van der Waals surface area contributed by atoms with Gasteiger partial charge in [-0.1, -0.05) is 72.3 Å². The quantitative estimate of drug-likeness (QED) is 0.0498. The molecule has 0 aliphatic carbocycles. The molecule has 0 radical (unpaired) electrons. The van der Waals surface area contributed by atoms with Gasteiger partial charge in [-0.15, -0.1) is 0 Å². The Labute approximate surface area is 382 Å². The van der Waals surface area contributed by atoms with E-state index >= 15 is 0 Å². The number of carboxylic acids is 2. The molecule has 0 bridgehead atoms. The lowest BCUT2D eigenvalue weighted by Crippen LogP contribution is -2.50. The van der Waals surface area contributed by atoms with E-state index < -0.39 is 29.5 Å². The Morgan fingerprint density at radius 3 is 2.06 bits per heavy atom. The van der Waals surface area contributed by atoms with E-state index in [2.05, 4.69) is 20.7 Å². The van der Waals surface area contributed by atoms with Gasteiger partial charge in [-0.3, -0.25) is 0 Å². The van der Waals surface area contributed by atoms with Crippen molar-refractivity contribution in [3.8, 4) is 11.5 Å². The van der Waals surface area contributed by atoms with E-state index in [-0.39, 0.29) is 41.6 Å². The van der Waals surface area contributed by atoms with Gasteiger partial charge in [-0.2, -0.15) is 0 Å². The van der Waals surface area contributed by atoms with Crippen LogP contribution < -0.4 is 16.0 Å². The molecule has 65 heavy (non-hydrogen) atoms. The first-order valence-corrected chi connectivity index (χ1v) is 22.2. The summed E-state index contributed by atoms with van der Waals surface area (Å²) in [5.74, 6) is -2.70. The van der Waals surface area contributed by atoms with E-state index in [9.17, 15) is 39.6 Å². The largest absolute Gasteiger partial charge is 0.507 e. The monoisotopic (exact) mass is 912 g/mol. The molecular formula is C49H57ClN4O11. The van der Waals surface area contributed by atoms with Gasteiger partial charge in [-0.25, -0.2) is 19.2 Å². The fourth-order valence-electron chi connectivity index (χ4n) is 8.75. The van der Waals surface area contributed by atoms with Gasteiger partial charge in [-0.05, 0) is 96.4 Å². The lowest BCUT2D eigenvalue weighted by atomic mass is 9.88. The van der Waals surface area contributed by atoms with Crippen molar-refractivity contribution >= 4 is 57.2 Å². The molecule has 7 rings (SSSR count). The number of nitrogens with zero attached hydrogens (tertiary/aromatic N) is 1. The van der Waals surface area contributed by atoms with Crippen molar-refractivity contribution in [2.24, 2.45) is 11.8 Å². The number of fused-ring (bicyclic) bond motifs is 2. The maximum absolute atomic E-state index is 13.1. The summed E-state index contributed by atoms with van der Waals surface area (Å²) >= 11 is 6.27. The molecule has 0 aromatic heterocycles. The SMILES string of the molecule is CN[C@H](CNC(=O)N1CCCC(C(OCCNC(=O)OC)c2cccc(Cl)c2)C1)CC1CCCOC1.O=C(O)c1cc2ccccc2c(Cc2c(O)c(C(=O)O)cc3ccccc23)c1O. The van der Waals surface area contributed by atoms with E-state index in [4.69, 9.17) is 21.1 Å². The highest BCUT2D eigenvalue weighted by Gasteiger charge is 2.32. The Balaban J connectivity index is 0.000000220. The van der Waals surface area contributed by atoms with Gasteiger partial charge >= 0.3 is 24.1 Å². The number of carboxylic acid groups (broad SMARTS) is 2. The van der Waals surface area contributed by atoms with Crippen LogP contribution in [0.5, 0.6) is 11.5 Å². The number of amides is 3. The predicted molar refractivity (Wildman–Crippen MR) is 247 cm³/mol. The number of likely N-dealkylation sites (tertiary alicyclic amines) is 1. The van der Waals surface area contributed by atoms with Crippen LogP contribution >= 0.6 is 11.6 Å². The van der Waals surface area contributed by atoms with Crippen LogP contribution in [0.2, 0.25) is 5.02 Å². The average molecular weight is 913 g/mol. The van der Waals surface area contributed by atoms with Crippen LogP contribution in [0.1, 0.15) is 75.6 Å². The molecule has 2 fully saturated rings. The number of benzene rings is 5. The minimum absolute atomic E-state index is 0.0407. The number of methoxy groups -OCH3 is 1. The molecule has 4 atom stereocenters. The minimum Gasteiger partial charge on any atom is -0.507 e. The Hall–Kier alpha value is -6.13. The highest BCUT2D eigenvalue weighted by Crippen LogP contribution is 2.39. The van der Waals surface area contributed by atoms with Crippen molar-refractivity contribution in [1.82, 2.24) is 20.9 Å². The lowest BCUT2D eigenvalue weighted by molar-refractivity contribution is -0.00851. The van der Waals surface area contributed by atoms with Crippen molar-refractivity contribution in [2.75, 3.05) is 60.2 Å². The van der Waals surface area contributed by atoms with Crippen LogP contribution in [0.4, 0.5) is 9.59 Å². The van der Waals surface area contributed by atoms with Gasteiger partial charge in [0, 0.05) is 73.9 Å². The second-order valence-electron chi connectivity index (χ2n) is 16.3. The number of piperidine rings is 1. The number of urea groups is 1. The normalized spacial score (nSPS) is 17.1. The fourth-order valence-corrected chi connectivity index (χ4v) is 8.94. The maximum Gasteiger partial charge on any atom is 0.406 e. The molecule has 16 heteroatoms. The number of halogens is 1. The molecule has 346 valence electrons. The number of phenols is 2. The lowest BCUT2D eigenvalue weighted by Gasteiger charge is -2.37. The van der Waals surface area contributed by atoms with E-state index in [1.165, 1.54) is 25.7 Å². The zero-order chi connectivity index (χ0) is 46.5. The summed E-state index contributed by atoms with van der Waals surface area (Å²) in [6.07, 6.45) is 4.34. The number of hydrogen-bond acceptors (Lipinski definition) is 10. The Morgan fingerprint density at radius 1 is 0.846 bits per heavy atom. The standard InChI is InChI=1S/C26H41ClN4O5.C23H16O6/c1-28-23(14-19-6-5-12-35-18-19)16-30-25(32)31-11-4-8-21(17-31)24(20-7-3-9-22(27)15-20)36-13-10-29-26(33)34-2;24-20-16(14-7-3-1-5-12(14)9-18(20)22(26)27)11-17-15-8-4-2-6-13(15)10-19(21(17)25)23(28)29/h3,7,9,15,19,21,23-24,28H,4-6,8,10-14,16-18H2,1-2H3,(H,29,33)(H,30,32);1-10,24-25H,11H2,(H,26,27)(H,28,29)/t19?,21?,23-,24?;/m0./s1. The van der Waals surface area contributed by atoms with Crippen molar-refractivity contribution in [3.05, 3.63) is 118 Å². The van der Waals surface area contributed by atoms with Crippen LogP contribution in [0.15, 0.2) is 84.9 Å². The van der Waals surface area contributed by atoms with Crippen LogP contribution in [-0.4, -0.2) is 116 Å². The molecule has 2 aliphatic rings. The number of alkyl carbamates (subject to hydrolysis) is 1. The van der Waals surface area contributed by atoms with E-state index in [0.29, 0.717) is 69.9 Å². The maximum atomic E-state index is 13.1. The van der Waals surface area contributed by atoms with Gasteiger partial charge in [0.25, 0.3) is 0 Å². The molecule has 0 saturated carbocycles. The van der Waals surface area contributed by atoms with Gasteiger partial charge in [0.15, 0.2) is 0 Å². The molecule has 3 unspecified atom stereocenters. The smallest absolute Gasteiger partial charge is 0.406 e. The van der Waals surface area contributed by atoms with Crippen LogP contribution in [0.3, 0.4) is 0 Å². The topological polar surface area (TPSA) is 216 Å². The molecule has 2 aliphatic heterocycles. The first kappa shape index (κ1) is 48.3. The summed E-state index contributed by atoms with van der Waals surface area (Å²) in [5.41, 5.74) is 1.08. The van der Waals surface area contributed by atoms with Gasteiger partial charge in [0.05, 0.1) is 19.8 Å². The minimum atomic E-state index is -1.28. The summed E-state index contributed by atoms with van der Waals surface area (Å²) in [6, 6.07) is 24.6. The first-order valence-electron chi connectivity index (χ1n) is 21.8. The fraction of sp³-hybridized carbons (Fsp3) is 0.388. The molecule has 5 aromatic carbocycles. The van der Waals surface area contributed by atoms with E-state index in [0.717, 1.165) is 51.0 Å². The summed E-state index contributed by atoms with van der Waals surface area (Å²) in [5, 5.41) is 52.6. The number of carbonyl (C=O) groups is 4.